The number of carbonyl (C=O) groups is 2. The maximum atomic E-state index is 12.2. The molecule has 0 spiro atoms. The molecule has 0 bridgehead atoms. The van der Waals surface area contributed by atoms with Crippen molar-refractivity contribution in [1.82, 2.24) is 14.7 Å². The predicted molar refractivity (Wildman–Crippen MR) is 96.7 cm³/mol. The Hall–Kier alpha value is -3.15. The van der Waals surface area contributed by atoms with Crippen molar-refractivity contribution in [2.45, 2.75) is 20.3 Å². The number of aryl methyl sites for hydroxylation is 2. The number of para-hydroxylation sites is 1. The number of nitrogens with zero attached hydrogens (tertiary/aromatic N) is 2. The van der Waals surface area contributed by atoms with Crippen molar-refractivity contribution in [3.8, 4) is 0 Å². The quantitative estimate of drug-likeness (QED) is 0.752. The number of amides is 2. The second-order valence-corrected chi connectivity index (χ2v) is 5.76. The lowest BCUT2D eigenvalue weighted by Gasteiger charge is -2.09. The zero-order valence-electron chi connectivity index (χ0n) is 14.2. The standard InChI is InChI=1S/C19H20N4O2/c1-3-14-8-4-5-9-15(14)22-18(24)11-20-19(25)16-12-23-13(2)7-6-10-17(23)21-16/h4-10,12H,3,11H2,1-2H3,(H,20,25)(H,22,24). The second-order valence-electron chi connectivity index (χ2n) is 5.76. The molecule has 0 radical (unpaired) electrons. The Morgan fingerprint density at radius 3 is 2.68 bits per heavy atom. The van der Waals surface area contributed by atoms with Crippen LogP contribution in [0.5, 0.6) is 0 Å². The Balaban J connectivity index is 1.63. The lowest BCUT2D eigenvalue weighted by atomic mass is 10.1. The molecular formula is C19H20N4O2. The summed E-state index contributed by atoms with van der Waals surface area (Å²) >= 11 is 0. The first-order valence-corrected chi connectivity index (χ1v) is 8.19. The Bertz CT molecular complexity index is 930. The van der Waals surface area contributed by atoms with Gasteiger partial charge in [-0.05, 0) is 37.1 Å². The van der Waals surface area contributed by atoms with E-state index in [0.29, 0.717) is 5.65 Å². The van der Waals surface area contributed by atoms with Crippen molar-refractivity contribution < 1.29 is 9.59 Å². The van der Waals surface area contributed by atoms with Crippen molar-refractivity contribution in [2.24, 2.45) is 0 Å². The number of rotatable bonds is 5. The van der Waals surface area contributed by atoms with E-state index in [1.54, 1.807) is 6.20 Å². The molecule has 3 rings (SSSR count). The minimum atomic E-state index is -0.373. The highest BCUT2D eigenvalue weighted by Gasteiger charge is 2.13. The molecule has 0 aliphatic carbocycles. The molecule has 0 aliphatic heterocycles. The number of nitrogens with one attached hydrogen (secondary N) is 2. The molecule has 2 aromatic heterocycles. The van der Waals surface area contributed by atoms with Gasteiger partial charge in [-0.2, -0.15) is 0 Å². The number of anilines is 1. The third-order valence-corrected chi connectivity index (χ3v) is 4.01. The molecule has 6 heteroatoms. The summed E-state index contributed by atoms with van der Waals surface area (Å²) in [7, 11) is 0. The molecule has 2 heterocycles. The monoisotopic (exact) mass is 336 g/mol. The molecule has 2 N–H and O–H groups in total. The fraction of sp³-hybridized carbons (Fsp3) is 0.211. The minimum Gasteiger partial charge on any atom is -0.342 e. The van der Waals surface area contributed by atoms with Gasteiger partial charge in [-0.15, -0.1) is 0 Å². The molecular weight excluding hydrogens is 316 g/mol. The number of imidazole rings is 1. The highest BCUT2D eigenvalue weighted by Crippen LogP contribution is 2.15. The Labute approximate surface area is 145 Å². The largest absolute Gasteiger partial charge is 0.342 e. The van der Waals surface area contributed by atoms with E-state index in [0.717, 1.165) is 23.4 Å². The zero-order valence-corrected chi connectivity index (χ0v) is 14.2. The molecule has 6 nitrogen and oxygen atoms in total. The fourth-order valence-electron chi connectivity index (χ4n) is 2.65. The van der Waals surface area contributed by atoms with Gasteiger partial charge in [0.15, 0.2) is 0 Å². The number of pyridine rings is 1. The molecule has 0 unspecified atom stereocenters. The van der Waals surface area contributed by atoms with Gasteiger partial charge in [-0.3, -0.25) is 9.59 Å². The van der Waals surface area contributed by atoms with Crippen LogP contribution in [-0.2, 0) is 11.2 Å². The van der Waals surface area contributed by atoms with E-state index in [4.69, 9.17) is 0 Å². The van der Waals surface area contributed by atoms with E-state index in [9.17, 15) is 9.59 Å². The van der Waals surface area contributed by atoms with Crippen LogP contribution < -0.4 is 10.6 Å². The van der Waals surface area contributed by atoms with Gasteiger partial charge in [0.05, 0.1) is 6.54 Å². The van der Waals surface area contributed by atoms with E-state index in [1.807, 2.05) is 60.7 Å². The topological polar surface area (TPSA) is 75.5 Å². The van der Waals surface area contributed by atoms with Crippen LogP contribution in [0.2, 0.25) is 0 Å². The summed E-state index contributed by atoms with van der Waals surface area (Å²) in [6.45, 7) is 3.86. The van der Waals surface area contributed by atoms with Crippen LogP contribution in [-0.4, -0.2) is 27.7 Å². The molecule has 0 saturated heterocycles. The van der Waals surface area contributed by atoms with E-state index in [-0.39, 0.29) is 24.1 Å². The average molecular weight is 336 g/mol. The second kappa shape index (κ2) is 7.17. The van der Waals surface area contributed by atoms with Crippen LogP contribution in [0.15, 0.2) is 48.7 Å². The maximum absolute atomic E-state index is 12.2. The van der Waals surface area contributed by atoms with Crippen LogP contribution in [0.25, 0.3) is 5.65 Å². The molecule has 0 aliphatic rings. The van der Waals surface area contributed by atoms with Gasteiger partial charge in [-0.1, -0.05) is 31.2 Å². The Morgan fingerprint density at radius 2 is 1.92 bits per heavy atom. The van der Waals surface area contributed by atoms with Crippen LogP contribution in [0.1, 0.15) is 28.7 Å². The van der Waals surface area contributed by atoms with Crippen molar-refractivity contribution in [3.63, 3.8) is 0 Å². The van der Waals surface area contributed by atoms with Crippen molar-refractivity contribution in [2.75, 3.05) is 11.9 Å². The molecule has 3 aromatic rings. The summed E-state index contributed by atoms with van der Waals surface area (Å²) in [6, 6.07) is 13.3. The molecule has 0 atom stereocenters. The number of aromatic nitrogens is 2. The van der Waals surface area contributed by atoms with E-state index >= 15 is 0 Å². The molecule has 0 fully saturated rings. The molecule has 128 valence electrons. The highest BCUT2D eigenvalue weighted by atomic mass is 16.2. The summed E-state index contributed by atoms with van der Waals surface area (Å²) in [5.41, 5.74) is 3.80. The summed E-state index contributed by atoms with van der Waals surface area (Å²) in [5.74, 6) is -0.642. The van der Waals surface area contributed by atoms with E-state index in [2.05, 4.69) is 15.6 Å². The van der Waals surface area contributed by atoms with Gasteiger partial charge in [0.2, 0.25) is 5.91 Å². The van der Waals surface area contributed by atoms with Crippen molar-refractivity contribution in [1.29, 1.82) is 0 Å². The SMILES string of the molecule is CCc1ccccc1NC(=O)CNC(=O)c1cn2c(C)cccc2n1. The lowest BCUT2D eigenvalue weighted by Crippen LogP contribution is -2.33. The van der Waals surface area contributed by atoms with Gasteiger partial charge >= 0.3 is 0 Å². The van der Waals surface area contributed by atoms with Gasteiger partial charge in [0.25, 0.3) is 5.91 Å². The van der Waals surface area contributed by atoms with Crippen molar-refractivity contribution in [3.05, 3.63) is 65.6 Å². The van der Waals surface area contributed by atoms with Crippen molar-refractivity contribution >= 4 is 23.1 Å². The van der Waals surface area contributed by atoms with Crippen LogP contribution in [0, 0.1) is 6.92 Å². The van der Waals surface area contributed by atoms with Gasteiger partial charge in [-0.25, -0.2) is 4.98 Å². The molecule has 0 saturated carbocycles. The van der Waals surface area contributed by atoms with Crippen LogP contribution in [0.3, 0.4) is 0 Å². The first-order valence-electron chi connectivity index (χ1n) is 8.19. The number of carbonyl (C=O) groups excluding carboxylic acids is 2. The highest BCUT2D eigenvalue weighted by molar-refractivity contribution is 5.98. The normalized spacial score (nSPS) is 10.6. The number of fused-ring (bicyclic) bond motifs is 1. The summed E-state index contributed by atoms with van der Waals surface area (Å²) in [5, 5.41) is 5.43. The van der Waals surface area contributed by atoms with Gasteiger partial charge in [0.1, 0.15) is 11.3 Å². The molecule has 1 aromatic carbocycles. The third-order valence-electron chi connectivity index (χ3n) is 4.01. The van der Waals surface area contributed by atoms with Crippen LogP contribution in [0.4, 0.5) is 5.69 Å². The third kappa shape index (κ3) is 3.68. The minimum absolute atomic E-state index is 0.107. The maximum Gasteiger partial charge on any atom is 0.271 e. The number of benzene rings is 1. The fourth-order valence-corrected chi connectivity index (χ4v) is 2.65. The number of hydrogen-bond acceptors (Lipinski definition) is 3. The average Bonchev–Trinajstić information content (AvgIpc) is 3.06. The molecule has 25 heavy (non-hydrogen) atoms. The predicted octanol–water partition coefficient (Wildman–Crippen LogP) is 2.57. The summed E-state index contributed by atoms with van der Waals surface area (Å²) in [4.78, 5) is 28.6. The van der Waals surface area contributed by atoms with Crippen LogP contribution >= 0.6 is 0 Å². The first kappa shape index (κ1) is 16.7. The summed E-state index contributed by atoms with van der Waals surface area (Å²) < 4.78 is 1.84. The van der Waals surface area contributed by atoms with Gasteiger partial charge < -0.3 is 15.0 Å². The Morgan fingerprint density at radius 1 is 1.12 bits per heavy atom. The smallest absolute Gasteiger partial charge is 0.271 e. The Kier molecular flexibility index (Phi) is 4.79. The zero-order chi connectivity index (χ0) is 17.8. The number of hydrogen-bond donors (Lipinski definition) is 2. The summed E-state index contributed by atoms with van der Waals surface area (Å²) in [6.07, 6.45) is 2.49. The first-order chi connectivity index (χ1) is 12.1. The van der Waals surface area contributed by atoms with E-state index in [1.165, 1.54) is 0 Å². The molecule has 2 amide bonds. The lowest BCUT2D eigenvalue weighted by molar-refractivity contribution is -0.115. The van der Waals surface area contributed by atoms with Gasteiger partial charge in [0, 0.05) is 17.6 Å². The van der Waals surface area contributed by atoms with E-state index < -0.39 is 0 Å².